The Morgan fingerprint density at radius 3 is 2.69 bits per heavy atom. The van der Waals surface area contributed by atoms with E-state index in [2.05, 4.69) is 37.2 Å². The minimum absolute atomic E-state index is 0.596. The minimum atomic E-state index is 0.596. The third-order valence-corrected chi connectivity index (χ3v) is 2.75. The predicted octanol–water partition coefficient (Wildman–Crippen LogP) is 2.46. The Labute approximate surface area is 95.3 Å². The second-order valence-electron chi connectivity index (χ2n) is 4.02. The average molecular weight is 216 g/mol. The van der Waals surface area contributed by atoms with E-state index in [1.54, 1.807) is 0 Å². The van der Waals surface area contributed by atoms with Gasteiger partial charge in [0.1, 0.15) is 0 Å². The Bertz CT molecular complexity index is 488. The molecule has 2 rings (SSSR count). The van der Waals surface area contributed by atoms with Gasteiger partial charge in [-0.2, -0.15) is 0 Å². The van der Waals surface area contributed by atoms with E-state index in [0.29, 0.717) is 6.54 Å². The van der Waals surface area contributed by atoms with E-state index < -0.39 is 0 Å². The van der Waals surface area contributed by atoms with Crippen molar-refractivity contribution in [3.63, 3.8) is 0 Å². The van der Waals surface area contributed by atoms with Crippen LogP contribution in [0.5, 0.6) is 0 Å². The molecule has 0 unspecified atom stereocenters. The summed E-state index contributed by atoms with van der Waals surface area (Å²) in [4.78, 5) is 0. The summed E-state index contributed by atoms with van der Waals surface area (Å²) in [6.07, 6.45) is 0.758. The molecule has 0 atom stereocenters. The number of benzene rings is 1. The molecule has 0 bridgehead atoms. The van der Waals surface area contributed by atoms with Gasteiger partial charge in [0.2, 0.25) is 0 Å². The number of nitrogens with zero attached hydrogens (tertiary/aromatic N) is 1. The topological polar surface area (TPSA) is 52.0 Å². The number of nitrogens with two attached hydrogens (primary N) is 1. The summed E-state index contributed by atoms with van der Waals surface area (Å²) in [7, 11) is 0. The van der Waals surface area contributed by atoms with Crippen molar-refractivity contribution in [2.75, 3.05) is 6.54 Å². The fraction of sp³-hybridized carbons (Fsp3) is 0.308. The zero-order valence-electron chi connectivity index (χ0n) is 9.66. The second-order valence-corrected chi connectivity index (χ2v) is 4.02. The summed E-state index contributed by atoms with van der Waals surface area (Å²) < 4.78 is 5.29. The van der Waals surface area contributed by atoms with E-state index in [0.717, 1.165) is 23.4 Å². The molecule has 0 spiro atoms. The van der Waals surface area contributed by atoms with Crippen molar-refractivity contribution in [3.8, 4) is 11.3 Å². The molecule has 0 fully saturated rings. The zero-order valence-corrected chi connectivity index (χ0v) is 9.66. The van der Waals surface area contributed by atoms with Crippen LogP contribution in [-0.4, -0.2) is 11.7 Å². The standard InChI is InChI=1S/C13H16N2O/c1-9-3-4-11(7-10(9)2)13-8-12(5-6-14)15-16-13/h3-4,7-8H,5-6,14H2,1-2H3. The average Bonchev–Trinajstić information content (AvgIpc) is 2.71. The van der Waals surface area contributed by atoms with Gasteiger partial charge in [0.05, 0.1) is 5.69 Å². The number of hydrogen-bond donors (Lipinski definition) is 1. The van der Waals surface area contributed by atoms with Gasteiger partial charge in [-0.1, -0.05) is 17.3 Å². The van der Waals surface area contributed by atoms with Crippen molar-refractivity contribution in [2.45, 2.75) is 20.3 Å². The molecule has 3 nitrogen and oxygen atoms in total. The molecule has 0 aliphatic carbocycles. The van der Waals surface area contributed by atoms with Gasteiger partial charge in [-0.3, -0.25) is 0 Å². The highest BCUT2D eigenvalue weighted by atomic mass is 16.5. The fourth-order valence-electron chi connectivity index (χ4n) is 1.61. The molecule has 1 heterocycles. The van der Waals surface area contributed by atoms with Crippen LogP contribution < -0.4 is 5.73 Å². The summed E-state index contributed by atoms with van der Waals surface area (Å²) in [6.45, 7) is 4.79. The molecule has 84 valence electrons. The van der Waals surface area contributed by atoms with Crippen molar-refractivity contribution >= 4 is 0 Å². The molecule has 1 aromatic heterocycles. The van der Waals surface area contributed by atoms with Gasteiger partial charge in [-0.05, 0) is 37.6 Å². The molecular weight excluding hydrogens is 200 g/mol. The summed E-state index contributed by atoms with van der Waals surface area (Å²) in [5.41, 5.74) is 9.99. The molecule has 0 saturated heterocycles. The first-order valence-electron chi connectivity index (χ1n) is 5.44. The van der Waals surface area contributed by atoms with Gasteiger partial charge >= 0.3 is 0 Å². The number of aromatic nitrogens is 1. The smallest absolute Gasteiger partial charge is 0.167 e. The van der Waals surface area contributed by atoms with Crippen LogP contribution in [0.4, 0.5) is 0 Å². The lowest BCUT2D eigenvalue weighted by Gasteiger charge is -2.01. The van der Waals surface area contributed by atoms with Crippen LogP contribution in [0.15, 0.2) is 28.8 Å². The number of rotatable bonds is 3. The van der Waals surface area contributed by atoms with Crippen molar-refractivity contribution in [3.05, 3.63) is 41.1 Å². The summed E-state index contributed by atoms with van der Waals surface area (Å²) in [5.74, 6) is 0.812. The molecule has 2 N–H and O–H groups in total. The Hall–Kier alpha value is -1.61. The van der Waals surface area contributed by atoms with Crippen molar-refractivity contribution in [1.29, 1.82) is 0 Å². The largest absolute Gasteiger partial charge is 0.356 e. The highest BCUT2D eigenvalue weighted by Crippen LogP contribution is 2.22. The van der Waals surface area contributed by atoms with E-state index in [-0.39, 0.29) is 0 Å². The van der Waals surface area contributed by atoms with E-state index >= 15 is 0 Å². The lowest BCUT2D eigenvalue weighted by molar-refractivity contribution is 0.423. The minimum Gasteiger partial charge on any atom is -0.356 e. The van der Waals surface area contributed by atoms with E-state index in [9.17, 15) is 0 Å². The molecule has 0 aliphatic rings. The van der Waals surface area contributed by atoms with Crippen LogP contribution in [0.2, 0.25) is 0 Å². The first-order valence-corrected chi connectivity index (χ1v) is 5.44. The Balaban J connectivity index is 2.31. The zero-order chi connectivity index (χ0) is 11.5. The number of aryl methyl sites for hydroxylation is 2. The van der Waals surface area contributed by atoms with Crippen LogP contribution in [0, 0.1) is 13.8 Å². The summed E-state index contributed by atoms with van der Waals surface area (Å²) >= 11 is 0. The van der Waals surface area contributed by atoms with Crippen molar-refractivity contribution in [2.24, 2.45) is 5.73 Å². The maximum Gasteiger partial charge on any atom is 0.167 e. The maximum atomic E-state index is 5.47. The third-order valence-electron chi connectivity index (χ3n) is 2.75. The lowest BCUT2D eigenvalue weighted by Crippen LogP contribution is -2.02. The van der Waals surface area contributed by atoms with E-state index in [1.165, 1.54) is 11.1 Å². The molecular formula is C13H16N2O. The van der Waals surface area contributed by atoms with Gasteiger partial charge in [-0.25, -0.2) is 0 Å². The lowest BCUT2D eigenvalue weighted by atomic mass is 10.0. The molecule has 0 saturated carbocycles. The van der Waals surface area contributed by atoms with Gasteiger partial charge in [0, 0.05) is 18.1 Å². The highest BCUT2D eigenvalue weighted by Gasteiger charge is 2.06. The monoisotopic (exact) mass is 216 g/mol. The quantitative estimate of drug-likeness (QED) is 0.857. The SMILES string of the molecule is Cc1ccc(-c2cc(CCN)no2)cc1C. The van der Waals surface area contributed by atoms with Gasteiger partial charge in [0.25, 0.3) is 0 Å². The first-order chi connectivity index (χ1) is 7.70. The van der Waals surface area contributed by atoms with Gasteiger partial charge in [0.15, 0.2) is 5.76 Å². The number of hydrogen-bond acceptors (Lipinski definition) is 3. The molecule has 0 aliphatic heterocycles. The molecule has 1 aromatic carbocycles. The Kier molecular flexibility index (Phi) is 3.06. The first kappa shape index (κ1) is 10.9. The Morgan fingerprint density at radius 2 is 2.00 bits per heavy atom. The molecule has 16 heavy (non-hydrogen) atoms. The predicted molar refractivity (Wildman–Crippen MR) is 64.2 cm³/mol. The third kappa shape index (κ3) is 2.14. The van der Waals surface area contributed by atoms with E-state index in [1.807, 2.05) is 6.07 Å². The van der Waals surface area contributed by atoms with Crippen molar-refractivity contribution in [1.82, 2.24) is 5.16 Å². The Morgan fingerprint density at radius 1 is 1.19 bits per heavy atom. The van der Waals surface area contributed by atoms with E-state index in [4.69, 9.17) is 10.3 Å². The van der Waals surface area contributed by atoms with Crippen LogP contribution in [0.1, 0.15) is 16.8 Å². The van der Waals surface area contributed by atoms with Crippen LogP contribution in [0.25, 0.3) is 11.3 Å². The second kappa shape index (κ2) is 4.49. The van der Waals surface area contributed by atoms with Gasteiger partial charge in [-0.15, -0.1) is 0 Å². The normalized spacial score (nSPS) is 10.7. The molecule has 0 radical (unpaired) electrons. The maximum absolute atomic E-state index is 5.47. The molecule has 0 amide bonds. The summed E-state index contributed by atoms with van der Waals surface area (Å²) in [5, 5.41) is 3.98. The fourth-order valence-corrected chi connectivity index (χ4v) is 1.61. The molecule has 3 heteroatoms. The molecule has 2 aromatic rings. The summed E-state index contributed by atoms with van der Waals surface area (Å²) in [6, 6.07) is 8.21. The highest BCUT2D eigenvalue weighted by molar-refractivity contribution is 5.59. The van der Waals surface area contributed by atoms with Crippen LogP contribution in [-0.2, 0) is 6.42 Å². The van der Waals surface area contributed by atoms with Crippen molar-refractivity contribution < 1.29 is 4.52 Å². The van der Waals surface area contributed by atoms with Gasteiger partial charge < -0.3 is 10.3 Å². The van der Waals surface area contributed by atoms with Crippen LogP contribution >= 0.6 is 0 Å². The van der Waals surface area contributed by atoms with Crippen LogP contribution in [0.3, 0.4) is 0 Å².